The number of aliphatic carboxylic acids is 1. The van der Waals surface area contributed by atoms with Gasteiger partial charge < -0.3 is 15.7 Å². The molecule has 0 saturated heterocycles. The molecule has 1 unspecified atom stereocenters. The van der Waals surface area contributed by atoms with Crippen molar-refractivity contribution in [3.05, 3.63) is 0 Å². The molecule has 0 aromatic rings. The summed E-state index contributed by atoms with van der Waals surface area (Å²) in [5.41, 5.74) is 0. The fourth-order valence-electron chi connectivity index (χ4n) is 2.43. The van der Waals surface area contributed by atoms with Crippen LogP contribution in [0.2, 0.25) is 0 Å². The van der Waals surface area contributed by atoms with Crippen molar-refractivity contribution in [3.8, 4) is 0 Å². The van der Waals surface area contributed by atoms with E-state index in [-0.39, 0.29) is 6.54 Å². The fraction of sp³-hybridized carbons (Fsp3) is 0.941. The number of rotatable bonds is 16. The highest BCUT2D eigenvalue weighted by molar-refractivity contribution is 5.68. The van der Waals surface area contributed by atoms with Gasteiger partial charge in [-0.1, -0.05) is 64.7 Å². The number of nitrogens with one attached hydrogen (secondary N) is 2. The summed E-state index contributed by atoms with van der Waals surface area (Å²) in [6.45, 7) is 6.14. The van der Waals surface area contributed by atoms with Gasteiger partial charge in [-0.25, -0.2) is 0 Å². The van der Waals surface area contributed by atoms with Gasteiger partial charge in [-0.15, -0.1) is 0 Å². The van der Waals surface area contributed by atoms with Crippen LogP contribution in [0.5, 0.6) is 0 Å². The van der Waals surface area contributed by atoms with E-state index >= 15 is 0 Å². The molecule has 0 aromatic carbocycles. The van der Waals surface area contributed by atoms with E-state index in [1.54, 1.807) is 0 Å². The van der Waals surface area contributed by atoms with Crippen molar-refractivity contribution in [3.63, 3.8) is 0 Å². The Balaban J connectivity index is 3.12. The maximum Gasteiger partial charge on any atom is 0.317 e. The Labute approximate surface area is 131 Å². The van der Waals surface area contributed by atoms with Crippen LogP contribution in [0.3, 0.4) is 0 Å². The maximum absolute atomic E-state index is 10.4. The molecule has 4 nitrogen and oxygen atoms in total. The van der Waals surface area contributed by atoms with E-state index in [1.807, 2.05) is 0 Å². The monoisotopic (exact) mass is 300 g/mol. The zero-order valence-corrected chi connectivity index (χ0v) is 14.1. The molecular weight excluding hydrogens is 264 g/mol. The predicted molar refractivity (Wildman–Crippen MR) is 89.8 cm³/mol. The standard InChI is InChI=1S/C17H36N2O2/c1-3-4-5-6-7-8-9-10-11-12-13-19-16(2)14-18-15-17(20)21/h16,18-19H,3-15H2,1-2H3,(H,20,21). The molecule has 0 heterocycles. The van der Waals surface area contributed by atoms with Gasteiger partial charge in [0.1, 0.15) is 0 Å². The molecule has 0 bridgehead atoms. The van der Waals surface area contributed by atoms with Crippen LogP contribution >= 0.6 is 0 Å². The lowest BCUT2D eigenvalue weighted by Crippen LogP contribution is -2.38. The smallest absolute Gasteiger partial charge is 0.317 e. The Hall–Kier alpha value is -0.610. The van der Waals surface area contributed by atoms with Gasteiger partial charge in [0, 0.05) is 12.6 Å². The van der Waals surface area contributed by atoms with Crippen LogP contribution in [0.1, 0.15) is 78.1 Å². The zero-order valence-electron chi connectivity index (χ0n) is 14.1. The topological polar surface area (TPSA) is 61.4 Å². The van der Waals surface area contributed by atoms with Gasteiger partial charge in [-0.05, 0) is 19.9 Å². The Morgan fingerprint density at radius 1 is 0.952 bits per heavy atom. The number of carbonyl (C=O) groups is 1. The number of carboxylic acid groups (broad SMARTS) is 1. The molecular formula is C17H36N2O2. The van der Waals surface area contributed by atoms with Crippen molar-refractivity contribution >= 4 is 5.97 Å². The van der Waals surface area contributed by atoms with E-state index in [0.717, 1.165) is 6.54 Å². The first kappa shape index (κ1) is 20.4. The summed E-state index contributed by atoms with van der Waals surface area (Å²) < 4.78 is 0. The van der Waals surface area contributed by atoms with E-state index in [0.29, 0.717) is 12.6 Å². The van der Waals surface area contributed by atoms with E-state index in [9.17, 15) is 4.79 Å². The molecule has 0 aliphatic rings. The Morgan fingerprint density at radius 3 is 2.00 bits per heavy atom. The highest BCUT2D eigenvalue weighted by Gasteiger charge is 2.01. The highest BCUT2D eigenvalue weighted by Crippen LogP contribution is 2.10. The van der Waals surface area contributed by atoms with Crippen molar-refractivity contribution in [2.45, 2.75) is 84.1 Å². The van der Waals surface area contributed by atoms with Crippen LogP contribution in [-0.4, -0.2) is 36.8 Å². The van der Waals surface area contributed by atoms with Crippen molar-refractivity contribution < 1.29 is 9.90 Å². The van der Waals surface area contributed by atoms with Crippen LogP contribution in [0, 0.1) is 0 Å². The first-order chi connectivity index (χ1) is 10.2. The molecule has 1 atom stereocenters. The summed E-state index contributed by atoms with van der Waals surface area (Å²) in [5.74, 6) is -0.795. The lowest BCUT2D eigenvalue weighted by molar-refractivity contribution is -0.135. The van der Waals surface area contributed by atoms with Crippen molar-refractivity contribution in [2.24, 2.45) is 0 Å². The molecule has 126 valence electrons. The largest absolute Gasteiger partial charge is 0.480 e. The number of hydrogen-bond donors (Lipinski definition) is 3. The second-order valence-electron chi connectivity index (χ2n) is 6.06. The quantitative estimate of drug-likeness (QED) is 0.381. The van der Waals surface area contributed by atoms with Gasteiger partial charge in [0.2, 0.25) is 0 Å². The maximum atomic E-state index is 10.4. The third kappa shape index (κ3) is 17.3. The number of hydrogen-bond acceptors (Lipinski definition) is 3. The van der Waals surface area contributed by atoms with Gasteiger partial charge in [0.25, 0.3) is 0 Å². The van der Waals surface area contributed by atoms with E-state index < -0.39 is 5.97 Å². The Morgan fingerprint density at radius 2 is 1.48 bits per heavy atom. The lowest BCUT2D eigenvalue weighted by Gasteiger charge is -2.13. The minimum Gasteiger partial charge on any atom is -0.480 e. The van der Waals surface area contributed by atoms with E-state index in [1.165, 1.54) is 64.2 Å². The normalized spacial score (nSPS) is 12.5. The molecule has 0 rings (SSSR count). The number of unbranched alkanes of at least 4 members (excludes halogenated alkanes) is 9. The average Bonchev–Trinajstić information content (AvgIpc) is 2.44. The van der Waals surface area contributed by atoms with Crippen LogP contribution in [0.15, 0.2) is 0 Å². The van der Waals surface area contributed by atoms with Gasteiger partial charge >= 0.3 is 5.97 Å². The molecule has 0 amide bonds. The molecule has 0 aliphatic carbocycles. The molecule has 0 radical (unpaired) electrons. The Bertz CT molecular complexity index is 235. The summed E-state index contributed by atoms with van der Waals surface area (Å²) in [5, 5.41) is 14.9. The number of carboxylic acids is 1. The molecule has 0 aliphatic heterocycles. The molecule has 0 saturated carbocycles. The van der Waals surface area contributed by atoms with Crippen molar-refractivity contribution in [1.29, 1.82) is 0 Å². The summed E-state index contributed by atoms with van der Waals surface area (Å²) in [6.07, 6.45) is 13.6. The van der Waals surface area contributed by atoms with Crippen molar-refractivity contribution in [1.82, 2.24) is 10.6 Å². The Kier molecular flexibility index (Phi) is 15.3. The van der Waals surface area contributed by atoms with Gasteiger partial charge in [0.05, 0.1) is 6.54 Å². The first-order valence-corrected chi connectivity index (χ1v) is 8.82. The molecule has 4 heteroatoms. The lowest BCUT2D eigenvalue weighted by atomic mass is 10.1. The third-order valence-corrected chi connectivity index (χ3v) is 3.75. The molecule has 21 heavy (non-hydrogen) atoms. The fourth-order valence-corrected chi connectivity index (χ4v) is 2.43. The van der Waals surface area contributed by atoms with Crippen LogP contribution in [0.4, 0.5) is 0 Å². The minimum atomic E-state index is -0.795. The van der Waals surface area contributed by atoms with Crippen molar-refractivity contribution in [2.75, 3.05) is 19.6 Å². The second-order valence-corrected chi connectivity index (χ2v) is 6.06. The predicted octanol–water partition coefficient (Wildman–Crippen LogP) is 3.56. The highest BCUT2D eigenvalue weighted by atomic mass is 16.4. The van der Waals surface area contributed by atoms with E-state index in [4.69, 9.17) is 5.11 Å². The average molecular weight is 300 g/mol. The summed E-state index contributed by atoms with van der Waals surface area (Å²) in [4.78, 5) is 10.4. The molecule has 0 spiro atoms. The molecule has 0 aromatic heterocycles. The zero-order chi connectivity index (χ0) is 15.8. The SMILES string of the molecule is CCCCCCCCCCCCNC(C)CNCC(=O)O. The van der Waals surface area contributed by atoms with Gasteiger partial charge in [-0.2, -0.15) is 0 Å². The summed E-state index contributed by atoms with van der Waals surface area (Å²) in [7, 11) is 0. The first-order valence-electron chi connectivity index (χ1n) is 8.82. The van der Waals surface area contributed by atoms with Gasteiger partial charge in [-0.3, -0.25) is 4.79 Å². The van der Waals surface area contributed by atoms with Crippen LogP contribution < -0.4 is 10.6 Å². The summed E-state index contributed by atoms with van der Waals surface area (Å²) in [6, 6.07) is 0.336. The van der Waals surface area contributed by atoms with Crippen LogP contribution in [0.25, 0.3) is 0 Å². The third-order valence-electron chi connectivity index (χ3n) is 3.75. The van der Waals surface area contributed by atoms with Crippen LogP contribution in [-0.2, 0) is 4.79 Å². The molecule has 3 N–H and O–H groups in total. The summed E-state index contributed by atoms with van der Waals surface area (Å²) >= 11 is 0. The van der Waals surface area contributed by atoms with E-state index in [2.05, 4.69) is 24.5 Å². The van der Waals surface area contributed by atoms with Gasteiger partial charge in [0.15, 0.2) is 0 Å². The minimum absolute atomic E-state index is 0.0459. The molecule has 0 fully saturated rings. The second kappa shape index (κ2) is 15.8.